The van der Waals surface area contributed by atoms with Crippen LogP contribution >= 0.6 is 0 Å². The van der Waals surface area contributed by atoms with Crippen LogP contribution in [0.1, 0.15) is 5.56 Å². The van der Waals surface area contributed by atoms with Crippen molar-refractivity contribution in [2.75, 3.05) is 13.2 Å². The van der Waals surface area contributed by atoms with Crippen LogP contribution in [0.25, 0.3) is 21.1 Å². The summed E-state index contributed by atoms with van der Waals surface area (Å²) in [6.07, 6.45) is 0. The molecule has 0 saturated heterocycles. The first-order chi connectivity index (χ1) is 12.3. The van der Waals surface area contributed by atoms with Gasteiger partial charge in [-0.05, 0) is 11.6 Å². The Bertz CT molecular complexity index is 1070. The molecular formula is C15H10N4O6S. The molecule has 2 N–H and O–H groups in total. The molecule has 0 aliphatic carbocycles. The molecule has 0 radical (unpaired) electrons. The molecule has 0 aromatic heterocycles. The standard InChI is InChI=1S/C15H10N4O6S/c1-18-13(7-16)11-6-15(24-3-4-25-26(21,22)23)12(5-10(11)9-20)14(8-17)19-2/h5-6,20H,3-4,9H2,(H,21,22,23)/b13-11-,14-12+. The van der Waals surface area contributed by atoms with Crippen LogP contribution in [0.2, 0.25) is 0 Å². The normalized spacial score (nSPS) is 12.7. The Balaban J connectivity index is 3.59. The topological polar surface area (TPSA) is 149 Å². The van der Waals surface area contributed by atoms with Gasteiger partial charge in [-0.1, -0.05) is 6.07 Å². The Morgan fingerprint density at radius 3 is 2.15 bits per heavy atom. The highest BCUT2D eigenvalue weighted by Gasteiger charge is 2.11. The molecule has 0 spiro atoms. The van der Waals surface area contributed by atoms with E-state index in [0.29, 0.717) is 0 Å². The summed E-state index contributed by atoms with van der Waals surface area (Å²) >= 11 is 0. The third-order valence-corrected chi connectivity index (χ3v) is 3.36. The van der Waals surface area contributed by atoms with Crippen molar-refractivity contribution in [2.45, 2.75) is 6.61 Å². The van der Waals surface area contributed by atoms with Gasteiger partial charge in [-0.3, -0.25) is 4.55 Å². The predicted molar refractivity (Wildman–Crippen MR) is 85.9 cm³/mol. The van der Waals surface area contributed by atoms with E-state index in [4.69, 9.17) is 33.0 Å². The van der Waals surface area contributed by atoms with E-state index >= 15 is 0 Å². The smallest absolute Gasteiger partial charge is 0.397 e. The fraction of sp³-hybridized carbons (Fsp3) is 0.200. The number of benzene rings is 1. The molecule has 132 valence electrons. The highest BCUT2D eigenvalue weighted by atomic mass is 32.3. The van der Waals surface area contributed by atoms with Gasteiger partial charge in [0.05, 0.1) is 31.9 Å². The minimum atomic E-state index is -4.66. The van der Waals surface area contributed by atoms with Crippen molar-refractivity contribution in [1.29, 1.82) is 10.5 Å². The minimum Gasteiger partial charge on any atom is -0.492 e. The number of aliphatic hydroxyl groups is 1. The summed E-state index contributed by atoms with van der Waals surface area (Å²) in [5.41, 5.74) is -0.593. The molecule has 1 aromatic rings. The van der Waals surface area contributed by atoms with Crippen molar-refractivity contribution in [3.05, 3.63) is 51.0 Å². The van der Waals surface area contributed by atoms with Crippen LogP contribution < -0.4 is 15.2 Å². The molecule has 0 unspecified atom stereocenters. The van der Waals surface area contributed by atoms with Crippen molar-refractivity contribution in [3.63, 3.8) is 0 Å². The SMILES string of the molecule is [C-]#[N+]/C(C#N)=c1/cc(OCCOS(=O)(=O)O)/c(=C(\C#N)[N+]#[C-])cc1CO. The lowest BCUT2D eigenvalue weighted by Gasteiger charge is -2.10. The summed E-state index contributed by atoms with van der Waals surface area (Å²) in [5, 5.41) is 27.6. The van der Waals surface area contributed by atoms with Gasteiger partial charge >= 0.3 is 10.4 Å². The Labute approximate surface area is 148 Å². The number of hydrogen-bond donors (Lipinski definition) is 2. The second-order valence-corrected chi connectivity index (χ2v) is 5.50. The molecule has 0 aliphatic rings. The van der Waals surface area contributed by atoms with Gasteiger partial charge < -0.3 is 9.84 Å². The second kappa shape index (κ2) is 9.14. The average Bonchev–Trinajstić information content (AvgIpc) is 2.61. The van der Waals surface area contributed by atoms with Gasteiger partial charge in [0.1, 0.15) is 19.0 Å². The Morgan fingerprint density at radius 1 is 1.12 bits per heavy atom. The maximum atomic E-state index is 10.5. The number of ether oxygens (including phenoxy) is 1. The van der Waals surface area contributed by atoms with Crippen LogP contribution in [0, 0.1) is 35.8 Å². The number of nitriles is 2. The van der Waals surface area contributed by atoms with E-state index in [1.165, 1.54) is 12.1 Å². The summed E-state index contributed by atoms with van der Waals surface area (Å²) in [6.45, 7) is 12.5. The number of aliphatic hydroxyl groups excluding tert-OH is 1. The molecule has 0 aliphatic heterocycles. The van der Waals surface area contributed by atoms with Crippen LogP contribution in [0.4, 0.5) is 0 Å². The Kier molecular flexibility index (Phi) is 7.24. The average molecular weight is 374 g/mol. The van der Waals surface area contributed by atoms with E-state index in [0.717, 1.165) is 0 Å². The van der Waals surface area contributed by atoms with Gasteiger partial charge in [-0.2, -0.15) is 8.42 Å². The molecule has 0 heterocycles. The third kappa shape index (κ3) is 5.29. The first-order valence-corrected chi connectivity index (χ1v) is 8.00. The van der Waals surface area contributed by atoms with Gasteiger partial charge in [0, 0.05) is 10.4 Å². The van der Waals surface area contributed by atoms with E-state index in [-0.39, 0.29) is 39.8 Å². The van der Waals surface area contributed by atoms with Crippen LogP contribution in [0.15, 0.2) is 12.1 Å². The number of rotatable bonds is 6. The summed E-state index contributed by atoms with van der Waals surface area (Å²) in [4.78, 5) is 6.08. The molecule has 10 nitrogen and oxygen atoms in total. The third-order valence-electron chi connectivity index (χ3n) is 2.89. The van der Waals surface area contributed by atoms with Crippen molar-refractivity contribution in [1.82, 2.24) is 0 Å². The molecule has 0 atom stereocenters. The zero-order valence-electron chi connectivity index (χ0n) is 13.0. The maximum absolute atomic E-state index is 10.5. The quantitative estimate of drug-likeness (QED) is 0.384. The first kappa shape index (κ1) is 20.6. The zero-order valence-corrected chi connectivity index (χ0v) is 13.8. The van der Waals surface area contributed by atoms with Gasteiger partial charge in [0.25, 0.3) is 11.4 Å². The Hall–Kier alpha value is -3.45. The largest absolute Gasteiger partial charge is 0.492 e. The van der Waals surface area contributed by atoms with E-state index in [1.54, 1.807) is 12.1 Å². The fourth-order valence-electron chi connectivity index (χ4n) is 1.86. The predicted octanol–water partition coefficient (Wildman–Crippen LogP) is -0.521. The van der Waals surface area contributed by atoms with Gasteiger partial charge in [0.2, 0.25) is 0 Å². The zero-order chi connectivity index (χ0) is 19.7. The van der Waals surface area contributed by atoms with Crippen LogP contribution in [0.5, 0.6) is 5.75 Å². The molecule has 1 aromatic carbocycles. The summed E-state index contributed by atoms with van der Waals surface area (Å²) in [5.74, 6) is -0.0971. The second-order valence-electron chi connectivity index (χ2n) is 4.41. The van der Waals surface area contributed by atoms with Crippen LogP contribution in [-0.4, -0.2) is 31.3 Å². The molecule has 1 rings (SSSR count). The highest BCUT2D eigenvalue weighted by molar-refractivity contribution is 7.80. The monoisotopic (exact) mass is 374 g/mol. The van der Waals surface area contributed by atoms with Gasteiger partial charge in [-0.25, -0.2) is 24.4 Å². The Morgan fingerprint density at radius 2 is 1.69 bits per heavy atom. The van der Waals surface area contributed by atoms with Crippen LogP contribution in [-0.2, 0) is 21.2 Å². The minimum absolute atomic E-state index is 0.00979. The number of nitrogens with zero attached hydrogens (tertiary/aromatic N) is 4. The van der Waals surface area contributed by atoms with E-state index in [1.807, 2.05) is 0 Å². The van der Waals surface area contributed by atoms with E-state index < -0.39 is 23.6 Å². The molecule has 0 amide bonds. The molecule has 0 saturated carbocycles. The number of hydrogen-bond acceptors (Lipinski definition) is 7. The lowest BCUT2D eigenvalue weighted by Crippen LogP contribution is -2.22. The molecule has 0 bridgehead atoms. The summed E-state index contributed by atoms with van der Waals surface area (Å²) < 4.78 is 38.9. The summed E-state index contributed by atoms with van der Waals surface area (Å²) in [6, 6.07) is 5.73. The van der Waals surface area contributed by atoms with Gasteiger partial charge in [-0.15, -0.1) is 0 Å². The lowest BCUT2D eigenvalue weighted by atomic mass is 10.1. The van der Waals surface area contributed by atoms with Crippen molar-refractivity contribution < 1.29 is 27.0 Å². The lowest BCUT2D eigenvalue weighted by molar-refractivity contribution is 0.200. The molecule has 11 heteroatoms. The highest BCUT2D eigenvalue weighted by Crippen LogP contribution is 2.08. The van der Waals surface area contributed by atoms with Crippen molar-refractivity contribution in [2.24, 2.45) is 0 Å². The van der Waals surface area contributed by atoms with E-state index in [2.05, 4.69) is 13.9 Å². The fourth-order valence-corrected chi connectivity index (χ4v) is 2.14. The molecule has 0 fully saturated rings. The van der Waals surface area contributed by atoms with Crippen molar-refractivity contribution >= 4 is 21.8 Å². The first-order valence-electron chi connectivity index (χ1n) is 6.63. The summed E-state index contributed by atoms with van der Waals surface area (Å²) in [7, 11) is -4.66. The van der Waals surface area contributed by atoms with Crippen LogP contribution in [0.3, 0.4) is 0 Å². The molecular weight excluding hydrogens is 364 g/mol. The van der Waals surface area contributed by atoms with Crippen molar-refractivity contribution in [3.8, 4) is 17.9 Å². The van der Waals surface area contributed by atoms with E-state index in [9.17, 15) is 13.5 Å². The molecule has 26 heavy (non-hydrogen) atoms. The van der Waals surface area contributed by atoms with Gasteiger partial charge in [0.15, 0.2) is 0 Å². The maximum Gasteiger partial charge on any atom is 0.397 e.